The minimum atomic E-state index is -0.622. The van der Waals surface area contributed by atoms with E-state index in [-0.39, 0.29) is 0 Å². The number of hydrogen-bond acceptors (Lipinski definition) is 2. The quantitative estimate of drug-likeness (QED) is 0.913. The lowest BCUT2D eigenvalue weighted by Gasteiger charge is -2.21. The highest BCUT2D eigenvalue weighted by molar-refractivity contribution is 5.48. The molecule has 106 valence electrons. The van der Waals surface area contributed by atoms with Crippen LogP contribution in [0, 0.1) is 27.7 Å². The van der Waals surface area contributed by atoms with Gasteiger partial charge in [0.1, 0.15) is 11.9 Å². The minimum absolute atomic E-state index is 0.622. The molecule has 2 aromatic rings. The fourth-order valence-electron chi connectivity index (χ4n) is 2.64. The van der Waals surface area contributed by atoms with Gasteiger partial charge < -0.3 is 9.84 Å². The van der Waals surface area contributed by atoms with E-state index in [0.717, 1.165) is 28.0 Å². The lowest BCUT2D eigenvalue weighted by molar-refractivity contribution is 0.218. The molecule has 20 heavy (non-hydrogen) atoms. The molecule has 0 aliphatic heterocycles. The van der Waals surface area contributed by atoms with Crippen LogP contribution in [0.15, 0.2) is 30.3 Å². The summed E-state index contributed by atoms with van der Waals surface area (Å²) in [7, 11) is 1.64. The molecule has 0 heterocycles. The van der Waals surface area contributed by atoms with Gasteiger partial charge in [0.25, 0.3) is 0 Å². The van der Waals surface area contributed by atoms with Crippen LogP contribution in [0.3, 0.4) is 0 Å². The molecule has 2 aromatic carbocycles. The van der Waals surface area contributed by atoms with Crippen molar-refractivity contribution in [3.8, 4) is 5.75 Å². The predicted octanol–water partition coefficient (Wildman–Crippen LogP) is 4.01. The highest BCUT2D eigenvalue weighted by atomic mass is 16.5. The van der Waals surface area contributed by atoms with Crippen molar-refractivity contribution >= 4 is 0 Å². The van der Waals surface area contributed by atoms with E-state index in [9.17, 15) is 5.11 Å². The summed E-state index contributed by atoms with van der Waals surface area (Å²) in [5.41, 5.74) is 6.61. The van der Waals surface area contributed by atoms with Gasteiger partial charge in [0.05, 0.1) is 7.11 Å². The van der Waals surface area contributed by atoms with Crippen LogP contribution >= 0.6 is 0 Å². The number of aliphatic hydroxyl groups excluding tert-OH is 1. The third-order valence-corrected chi connectivity index (χ3v) is 4.11. The van der Waals surface area contributed by atoms with Gasteiger partial charge in [0.15, 0.2) is 0 Å². The summed E-state index contributed by atoms with van der Waals surface area (Å²) < 4.78 is 5.24. The van der Waals surface area contributed by atoms with E-state index in [4.69, 9.17) is 4.74 Å². The zero-order chi connectivity index (χ0) is 14.9. The highest BCUT2D eigenvalue weighted by Gasteiger charge is 2.18. The Morgan fingerprint density at radius 3 is 2.10 bits per heavy atom. The van der Waals surface area contributed by atoms with Crippen molar-refractivity contribution in [2.45, 2.75) is 33.8 Å². The zero-order valence-electron chi connectivity index (χ0n) is 12.8. The van der Waals surface area contributed by atoms with Crippen molar-refractivity contribution in [2.75, 3.05) is 7.11 Å². The summed E-state index contributed by atoms with van der Waals surface area (Å²) in [6, 6.07) is 9.79. The SMILES string of the molecule is COc1cccc(C(O)c2c(C)c(C)cc(C)c2C)c1. The monoisotopic (exact) mass is 270 g/mol. The molecule has 0 fully saturated rings. The van der Waals surface area contributed by atoms with E-state index in [0.29, 0.717) is 0 Å². The topological polar surface area (TPSA) is 29.5 Å². The number of aliphatic hydroxyl groups is 1. The molecule has 2 nitrogen and oxygen atoms in total. The Labute approximate surface area is 121 Å². The standard InChI is InChI=1S/C18H22O2/c1-11-9-12(2)14(4)17(13(11)3)18(19)15-7-6-8-16(10-15)20-5/h6-10,18-19H,1-5H3. The summed E-state index contributed by atoms with van der Waals surface area (Å²) >= 11 is 0. The van der Waals surface area contributed by atoms with E-state index in [2.05, 4.69) is 33.8 Å². The maximum atomic E-state index is 10.8. The van der Waals surface area contributed by atoms with Crippen LogP contribution in [0.25, 0.3) is 0 Å². The van der Waals surface area contributed by atoms with Gasteiger partial charge in [-0.1, -0.05) is 18.2 Å². The van der Waals surface area contributed by atoms with E-state index in [1.165, 1.54) is 11.1 Å². The lowest BCUT2D eigenvalue weighted by atomic mass is 9.88. The average Bonchev–Trinajstić information content (AvgIpc) is 2.45. The van der Waals surface area contributed by atoms with Crippen LogP contribution in [0.1, 0.15) is 39.5 Å². The number of hydrogen-bond donors (Lipinski definition) is 1. The third-order valence-electron chi connectivity index (χ3n) is 4.11. The first-order valence-electron chi connectivity index (χ1n) is 6.85. The Balaban J connectivity index is 2.55. The second-order valence-corrected chi connectivity index (χ2v) is 5.35. The van der Waals surface area contributed by atoms with E-state index < -0.39 is 6.10 Å². The Bertz CT molecular complexity index is 603. The largest absolute Gasteiger partial charge is 0.497 e. The molecular weight excluding hydrogens is 248 g/mol. The van der Waals surface area contributed by atoms with Gasteiger partial charge in [0.2, 0.25) is 0 Å². The molecule has 0 radical (unpaired) electrons. The second kappa shape index (κ2) is 5.68. The number of methoxy groups -OCH3 is 1. The Hall–Kier alpha value is -1.80. The number of rotatable bonds is 3. The molecule has 0 bridgehead atoms. The van der Waals surface area contributed by atoms with E-state index in [1.807, 2.05) is 24.3 Å². The molecule has 2 rings (SSSR count). The maximum Gasteiger partial charge on any atom is 0.119 e. The van der Waals surface area contributed by atoms with Gasteiger partial charge in [-0.05, 0) is 73.2 Å². The number of aryl methyl sites for hydroxylation is 2. The smallest absolute Gasteiger partial charge is 0.119 e. The fraction of sp³-hybridized carbons (Fsp3) is 0.333. The van der Waals surface area contributed by atoms with Crippen LogP contribution in [-0.2, 0) is 0 Å². The molecule has 0 spiro atoms. The third kappa shape index (κ3) is 2.56. The van der Waals surface area contributed by atoms with Crippen LogP contribution in [-0.4, -0.2) is 12.2 Å². The molecule has 0 saturated heterocycles. The molecule has 0 aliphatic carbocycles. The summed E-state index contributed by atoms with van der Waals surface area (Å²) in [4.78, 5) is 0. The molecular formula is C18H22O2. The van der Waals surface area contributed by atoms with Crippen molar-refractivity contribution < 1.29 is 9.84 Å². The minimum Gasteiger partial charge on any atom is -0.497 e. The van der Waals surface area contributed by atoms with Crippen LogP contribution in [0.2, 0.25) is 0 Å². The number of benzene rings is 2. The molecule has 0 aliphatic rings. The van der Waals surface area contributed by atoms with Gasteiger partial charge in [-0.15, -0.1) is 0 Å². The molecule has 0 amide bonds. The van der Waals surface area contributed by atoms with Gasteiger partial charge in [-0.3, -0.25) is 0 Å². The fourth-order valence-corrected chi connectivity index (χ4v) is 2.64. The molecule has 1 N–H and O–H groups in total. The second-order valence-electron chi connectivity index (χ2n) is 5.35. The maximum absolute atomic E-state index is 10.8. The highest BCUT2D eigenvalue weighted by Crippen LogP contribution is 2.32. The molecule has 0 saturated carbocycles. The first kappa shape index (κ1) is 14.6. The van der Waals surface area contributed by atoms with Gasteiger partial charge in [0, 0.05) is 0 Å². The van der Waals surface area contributed by atoms with Crippen LogP contribution < -0.4 is 4.74 Å². The molecule has 1 atom stereocenters. The van der Waals surface area contributed by atoms with E-state index >= 15 is 0 Å². The normalized spacial score (nSPS) is 12.3. The molecule has 1 unspecified atom stereocenters. The van der Waals surface area contributed by atoms with Crippen molar-refractivity contribution in [2.24, 2.45) is 0 Å². The first-order valence-corrected chi connectivity index (χ1v) is 6.85. The van der Waals surface area contributed by atoms with Crippen molar-refractivity contribution in [3.63, 3.8) is 0 Å². The zero-order valence-corrected chi connectivity index (χ0v) is 12.8. The van der Waals surface area contributed by atoms with Crippen molar-refractivity contribution in [1.29, 1.82) is 0 Å². The summed E-state index contributed by atoms with van der Waals surface area (Å²) in [6.45, 7) is 8.31. The molecule has 0 aromatic heterocycles. The number of ether oxygens (including phenoxy) is 1. The van der Waals surface area contributed by atoms with Crippen molar-refractivity contribution in [3.05, 3.63) is 63.7 Å². The van der Waals surface area contributed by atoms with Crippen LogP contribution in [0.4, 0.5) is 0 Å². The first-order chi connectivity index (χ1) is 9.45. The molecule has 2 heteroatoms. The van der Waals surface area contributed by atoms with Gasteiger partial charge >= 0.3 is 0 Å². The van der Waals surface area contributed by atoms with Crippen LogP contribution in [0.5, 0.6) is 5.75 Å². The lowest BCUT2D eigenvalue weighted by Crippen LogP contribution is -2.07. The van der Waals surface area contributed by atoms with E-state index in [1.54, 1.807) is 7.11 Å². The Morgan fingerprint density at radius 1 is 0.950 bits per heavy atom. The predicted molar refractivity (Wildman–Crippen MR) is 82.4 cm³/mol. The van der Waals surface area contributed by atoms with Gasteiger partial charge in [-0.2, -0.15) is 0 Å². The summed E-state index contributed by atoms with van der Waals surface area (Å²) in [6.07, 6.45) is -0.622. The Kier molecular flexibility index (Phi) is 4.15. The average molecular weight is 270 g/mol. The van der Waals surface area contributed by atoms with Gasteiger partial charge in [-0.25, -0.2) is 0 Å². The Morgan fingerprint density at radius 2 is 1.55 bits per heavy atom. The summed E-state index contributed by atoms with van der Waals surface area (Å²) in [5.74, 6) is 0.765. The van der Waals surface area contributed by atoms with Crippen molar-refractivity contribution in [1.82, 2.24) is 0 Å². The summed E-state index contributed by atoms with van der Waals surface area (Å²) in [5, 5.41) is 10.8.